The van der Waals surface area contributed by atoms with Crippen molar-refractivity contribution in [2.45, 2.75) is 48.0 Å². The zero-order chi connectivity index (χ0) is 19.4. The van der Waals surface area contributed by atoms with Crippen LogP contribution >= 0.6 is 23.5 Å². The number of hydrogen-bond acceptors (Lipinski definition) is 3. The smallest absolute Gasteiger partial charge is 0.370 e. The number of alkyl halides is 3. The van der Waals surface area contributed by atoms with Crippen LogP contribution in [0.1, 0.15) is 31.7 Å². The minimum Gasteiger partial charge on any atom is -0.370 e. The van der Waals surface area contributed by atoms with Crippen molar-refractivity contribution in [1.82, 2.24) is 4.98 Å². The van der Waals surface area contributed by atoms with E-state index in [-0.39, 0.29) is 16.7 Å². The molecule has 0 atom stereocenters. The van der Waals surface area contributed by atoms with Crippen LogP contribution in [0.5, 0.6) is 0 Å². The second kappa shape index (κ2) is 8.92. The van der Waals surface area contributed by atoms with E-state index in [0.29, 0.717) is 12.5 Å². The summed E-state index contributed by atoms with van der Waals surface area (Å²) in [6.07, 6.45) is 3.88. The molecule has 2 aromatic rings. The molecule has 0 fully saturated rings. The average molecular weight is 418 g/mol. The first kappa shape index (κ1) is 20.6. The molecule has 8 heteroatoms. The van der Waals surface area contributed by atoms with Crippen LogP contribution in [0.2, 0.25) is 0 Å². The predicted octanol–water partition coefficient (Wildman–Crippen LogP) is 5.68. The van der Waals surface area contributed by atoms with Gasteiger partial charge in [0.05, 0.1) is 17.4 Å². The van der Waals surface area contributed by atoms with Crippen molar-refractivity contribution in [3.05, 3.63) is 23.8 Å². The SMILES string of the molecule is CCCOCSc1[nH]c2ccc(SC(F)(F)F)cc2c1CC1=[N+](C)CCC1. The lowest BCUT2D eigenvalue weighted by Crippen LogP contribution is -2.12. The molecular formula is C19H24F3N2OS2+. The Labute approximate surface area is 165 Å². The molecular weight excluding hydrogens is 393 g/mol. The Morgan fingerprint density at radius 1 is 1.30 bits per heavy atom. The molecule has 1 aromatic heterocycles. The highest BCUT2D eigenvalue weighted by Crippen LogP contribution is 2.39. The van der Waals surface area contributed by atoms with E-state index >= 15 is 0 Å². The summed E-state index contributed by atoms with van der Waals surface area (Å²) in [6.45, 7) is 3.80. The van der Waals surface area contributed by atoms with E-state index in [1.807, 2.05) is 0 Å². The molecule has 0 spiro atoms. The molecule has 1 aromatic carbocycles. The van der Waals surface area contributed by atoms with Crippen molar-refractivity contribution in [3.63, 3.8) is 0 Å². The Morgan fingerprint density at radius 2 is 2.11 bits per heavy atom. The molecule has 2 heterocycles. The Balaban J connectivity index is 1.93. The summed E-state index contributed by atoms with van der Waals surface area (Å²) in [4.78, 5) is 3.60. The highest BCUT2D eigenvalue weighted by atomic mass is 32.2. The average Bonchev–Trinajstić information content (AvgIpc) is 3.15. The molecule has 3 nitrogen and oxygen atoms in total. The van der Waals surface area contributed by atoms with Crippen LogP contribution < -0.4 is 0 Å². The van der Waals surface area contributed by atoms with E-state index in [1.165, 1.54) is 11.8 Å². The van der Waals surface area contributed by atoms with Gasteiger partial charge in [-0.3, -0.25) is 0 Å². The van der Waals surface area contributed by atoms with Crippen molar-refractivity contribution in [2.24, 2.45) is 0 Å². The number of aromatic nitrogens is 1. The number of H-pyrrole nitrogens is 1. The molecule has 3 rings (SSSR count). The number of benzene rings is 1. The Morgan fingerprint density at radius 3 is 2.78 bits per heavy atom. The van der Waals surface area contributed by atoms with E-state index in [2.05, 4.69) is 23.5 Å². The van der Waals surface area contributed by atoms with E-state index in [0.717, 1.165) is 53.7 Å². The topological polar surface area (TPSA) is 28.0 Å². The third-order valence-corrected chi connectivity index (χ3v) is 6.23. The fraction of sp³-hybridized carbons (Fsp3) is 0.526. The molecule has 0 saturated carbocycles. The largest absolute Gasteiger partial charge is 0.446 e. The van der Waals surface area contributed by atoms with Gasteiger partial charge >= 0.3 is 5.51 Å². The molecule has 0 unspecified atom stereocenters. The summed E-state index contributed by atoms with van der Waals surface area (Å²) in [5.74, 6) is 0.531. The van der Waals surface area contributed by atoms with Crippen molar-refractivity contribution in [3.8, 4) is 0 Å². The van der Waals surface area contributed by atoms with E-state index < -0.39 is 5.51 Å². The first-order valence-electron chi connectivity index (χ1n) is 9.04. The van der Waals surface area contributed by atoms with Gasteiger partial charge in [0.15, 0.2) is 5.71 Å². The van der Waals surface area contributed by atoms with Crippen LogP contribution in [-0.4, -0.2) is 46.9 Å². The Kier molecular flexibility index (Phi) is 6.81. The van der Waals surface area contributed by atoms with Gasteiger partial charge in [0.25, 0.3) is 0 Å². The maximum Gasteiger partial charge on any atom is 0.446 e. The standard InChI is InChI=1S/C19H24F3N2OS2/c1-3-9-25-12-26-18-16(10-13-5-4-8-24(13)2)15-11-14(27-19(20,21)22)6-7-17(15)23-18/h6-7,11,23H,3-5,8-10,12H2,1-2H3/q+1. The summed E-state index contributed by atoms with van der Waals surface area (Å²) in [5, 5.41) is 1.86. The second-order valence-corrected chi connectivity index (χ2v) is 8.70. The van der Waals surface area contributed by atoms with Gasteiger partial charge < -0.3 is 9.72 Å². The zero-order valence-corrected chi connectivity index (χ0v) is 17.1. The number of hydrogen-bond donors (Lipinski definition) is 1. The first-order valence-corrected chi connectivity index (χ1v) is 10.8. The minimum atomic E-state index is -4.28. The van der Waals surface area contributed by atoms with Crippen molar-refractivity contribution >= 4 is 40.1 Å². The highest BCUT2D eigenvalue weighted by Gasteiger charge is 2.30. The van der Waals surface area contributed by atoms with Gasteiger partial charge in [0.2, 0.25) is 0 Å². The molecule has 27 heavy (non-hydrogen) atoms. The first-order chi connectivity index (χ1) is 12.9. The summed E-state index contributed by atoms with van der Waals surface area (Å²) in [7, 11) is 2.08. The van der Waals surface area contributed by atoms with Crippen molar-refractivity contribution < 1.29 is 22.5 Å². The van der Waals surface area contributed by atoms with Crippen molar-refractivity contribution in [1.29, 1.82) is 0 Å². The van der Waals surface area contributed by atoms with Gasteiger partial charge in [-0.15, -0.1) is 0 Å². The maximum atomic E-state index is 12.8. The number of nitrogens with zero attached hydrogens (tertiary/aromatic N) is 1. The fourth-order valence-electron chi connectivity index (χ4n) is 3.30. The van der Waals surface area contributed by atoms with E-state index in [4.69, 9.17) is 4.74 Å². The quantitative estimate of drug-likeness (QED) is 0.259. The van der Waals surface area contributed by atoms with Crippen LogP contribution in [0, 0.1) is 0 Å². The minimum absolute atomic E-state index is 0.0613. The second-order valence-electron chi connectivity index (χ2n) is 6.63. The Bertz CT molecular complexity index is 830. The molecule has 0 bridgehead atoms. The van der Waals surface area contributed by atoms with Gasteiger partial charge in [-0.25, -0.2) is 4.58 Å². The van der Waals surface area contributed by atoms with E-state index in [1.54, 1.807) is 23.9 Å². The van der Waals surface area contributed by atoms with Gasteiger partial charge in [-0.1, -0.05) is 18.7 Å². The molecule has 0 aliphatic carbocycles. The van der Waals surface area contributed by atoms with Crippen LogP contribution in [0.4, 0.5) is 13.2 Å². The molecule has 1 N–H and O–H groups in total. The highest BCUT2D eigenvalue weighted by molar-refractivity contribution is 8.00. The number of fused-ring (bicyclic) bond motifs is 1. The third kappa shape index (κ3) is 5.45. The Hall–Kier alpha value is -1.12. The normalized spacial score (nSPS) is 15.3. The van der Waals surface area contributed by atoms with E-state index in [9.17, 15) is 13.2 Å². The molecule has 0 saturated heterocycles. The van der Waals surface area contributed by atoms with Gasteiger partial charge in [0.1, 0.15) is 13.6 Å². The van der Waals surface area contributed by atoms with Gasteiger partial charge in [0, 0.05) is 40.8 Å². The van der Waals surface area contributed by atoms with Gasteiger partial charge in [-0.2, -0.15) is 13.2 Å². The summed E-state index contributed by atoms with van der Waals surface area (Å²) in [6, 6.07) is 4.93. The molecule has 1 aliphatic heterocycles. The van der Waals surface area contributed by atoms with Crippen molar-refractivity contribution in [2.75, 3.05) is 26.1 Å². The lowest BCUT2D eigenvalue weighted by Gasteiger charge is -2.07. The molecule has 0 radical (unpaired) electrons. The maximum absolute atomic E-state index is 12.8. The summed E-state index contributed by atoms with van der Waals surface area (Å²) in [5.41, 5.74) is -1.00. The number of nitrogens with one attached hydrogen (secondary N) is 1. The number of rotatable bonds is 8. The number of aromatic amines is 1. The number of ether oxygens (including phenoxy) is 1. The predicted molar refractivity (Wildman–Crippen MR) is 106 cm³/mol. The van der Waals surface area contributed by atoms with Crippen LogP contribution in [0.3, 0.4) is 0 Å². The summed E-state index contributed by atoms with van der Waals surface area (Å²) < 4.78 is 46.2. The van der Waals surface area contributed by atoms with Crippen LogP contribution in [-0.2, 0) is 11.2 Å². The van der Waals surface area contributed by atoms with Gasteiger partial charge in [-0.05, 0) is 36.4 Å². The lowest BCUT2D eigenvalue weighted by atomic mass is 10.1. The lowest BCUT2D eigenvalue weighted by molar-refractivity contribution is -0.489. The zero-order valence-electron chi connectivity index (χ0n) is 15.5. The van der Waals surface area contributed by atoms with Crippen LogP contribution in [0.15, 0.2) is 28.1 Å². The molecule has 1 aliphatic rings. The molecule has 148 valence electrons. The third-order valence-electron chi connectivity index (χ3n) is 4.59. The molecule has 0 amide bonds. The number of halogens is 3. The monoisotopic (exact) mass is 417 g/mol. The van der Waals surface area contributed by atoms with Crippen LogP contribution in [0.25, 0.3) is 10.9 Å². The number of thioether (sulfide) groups is 2. The summed E-state index contributed by atoms with van der Waals surface area (Å²) >= 11 is 1.52. The fourth-order valence-corrected chi connectivity index (χ4v) is 4.74.